The lowest BCUT2D eigenvalue weighted by Gasteiger charge is -2.15. The second-order valence-electron chi connectivity index (χ2n) is 7.44. The molecular formula is C23H26ClN5O2S. The summed E-state index contributed by atoms with van der Waals surface area (Å²) in [5.41, 5.74) is 3.49. The molecule has 1 heterocycles. The number of rotatable bonds is 8. The normalized spacial score (nSPS) is 11.8. The fourth-order valence-electron chi connectivity index (χ4n) is 3.24. The Morgan fingerprint density at radius 3 is 2.50 bits per heavy atom. The summed E-state index contributed by atoms with van der Waals surface area (Å²) in [6, 6.07) is 12.2. The number of hydrogen-bond acceptors (Lipinski definition) is 5. The van der Waals surface area contributed by atoms with E-state index in [1.54, 1.807) is 24.3 Å². The first kappa shape index (κ1) is 23.8. The van der Waals surface area contributed by atoms with Crippen molar-refractivity contribution in [2.24, 2.45) is 0 Å². The minimum Gasteiger partial charge on any atom is -0.342 e. The first-order chi connectivity index (χ1) is 15.3. The molecule has 0 aliphatic rings. The summed E-state index contributed by atoms with van der Waals surface area (Å²) in [6.45, 7) is 8.42. The Labute approximate surface area is 197 Å². The zero-order valence-corrected chi connectivity index (χ0v) is 20.0. The molecule has 0 spiro atoms. The number of thioether (sulfide) groups is 1. The van der Waals surface area contributed by atoms with E-state index >= 15 is 0 Å². The molecule has 0 fully saturated rings. The standard InChI is InChI=1S/C23H26ClN5O2S/c1-5-29-21(16(4)25-22(31)17-7-9-18(24)10-8-17)27-28-23(29)32-13-20(30)26-19-11-6-14(2)12-15(19)3/h6-12,16H,5,13H2,1-4H3,(H,25,31)(H,26,30)/t16-/m1/s1. The SMILES string of the molecule is CCn1c(SCC(=O)Nc2ccc(C)cc2C)nnc1[C@@H](C)NC(=O)c1ccc(Cl)cc1. The van der Waals surface area contributed by atoms with E-state index in [1.807, 2.05) is 50.5 Å². The maximum atomic E-state index is 12.5. The number of nitrogens with zero attached hydrogens (tertiary/aromatic N) is 3. The van der Waals surface area contributed by atoms with Gasteiger partial charge in [0.1, 0.15) is 0 Å². The highest BCUT2D eigenvalue weighted by atomic mass is 35.5. The number of nitrogens with one attached hydrogen (secondary N) is 2. The smallest absolute Gasteiger partial charge is 0.251 e. The van der Waals surface area contributed by atoms with Crippen molar-refractivity contribution in [3.05, 3.63) is 70.0 Å². The predicted molar refractivity (Wildman–Crippen MR) is 128 cm³/mol. The number of halogens is 1. The minimum atomic E-state index is -0.357. The lowest BCUT2D eigenvalue weighted by atomic mass is 10.1. The highest BCUT2D eigenvalue weighted by Crippen LogP contribution is 2.22. The third-order valence-electron chi connectivity index (χ3n) is 4.89. The van der Waals surface area contributed by atoms with Gasteiger partial charge in [0, 0.05) is 22.8 Å². The third-order valence-corrected chi connectivity index (χ3v) is 6.11. The number of benzene rings is 2. The van der Waals surface area contributed by atoms with E-state index in [4.69, 9.17) is 11.6 Å². The van der Waals surface area contributed by atoms with Crippen molar-refractivity contribution in [2.75, 3.05) is 11.1 Å². The van der Waals surface area contributed by atoms with E-state index in [2.05, 4.69) is 20.8 Å². The first-order valence-electron chi connectivity index (χ1n) is 10.3. The fourth-order valence-corrected chi connectivity index (χ4v) is 4.18. The number of aromatic nitrogens is 3. The molecule has 7 nitrogen and oxygen atoms in total. The molecule has 9 heteroatoms. The van der Waals surface area contributed by atoms with Gasteiger partial charge in [0.25, 0.3) is 5.91 Å². The Kier molecular flexibility index (Phi) is 7.93. The molecule has 0 radical (unpaired) electrons. The highest BCUT2D eigenvalue weighted by molar-refractivity contribution is 7.99. The summed E-state index contributed by atoms with van der Waals surface area (Å²) in [4.78, 5) is 24.9. The molecule has 0 bridgehead atoms. The van der Waals surface area contributed by atoms with Gasteiger partial charge >= 0.3 is 0 Å². The molecule has 3 aromatic rings. The van der Waals surface area contributed by atoms with Gasteiger partial charge in [0.2, 0.25) is 5.91 Å². The molecule has 2 N–H and O–H groups in total. The van der Waals surface area contributed by atoms with Crippen molar-refractivity contribution in [3.8, 4) is 0 Å². The number of anilines is 1. The number of aryl methyl sites for hydroxylation is 2. The van der Waals surface area contributed by atoms with Crippen LogP contribution in [0.15, 0.2) is 47.6 Å². The molecule has 1 aromatic heterocycles. The van der Waals surface area contributed by atoms with Crippen LogP contribution in [0.2, 0.25) is 5.02 Å². The minimum absolute atomic E-state index is 0.113. The van der Waals surface area contributed by atoms with Crippen LogP contribution in [-0.2, 0) is 11.3 Å². The molecule has 0 unspecified atom stereocenters. The zero-order chi connectivity index (χ0) is 23.3. The molecule has 3 rings (SSSR count). The Morgan fingerprint density at radius 2 is 1.84 bits per heavy atom. The molecule has 0 aliphatic carbocycles. The number of hydrogen-bond donors (Lipinski definition) is 2. The van der Waals surface area contributed by atoms with E-state index in [9.17, 15) is 9.59 Å². The van der Waals surface area contributed by atoms with E-state index in [-0.39, 0.29) is 23.6 Å². The van der Waals surface area contributed by atoms with Crippen LogP contribution in [0.3, 0.4) is 0 Å². The summed E-state index contributed by atoms with van der Waals surface area (Å²) >= 11 is 7.20. The largest absolute Gasteiger partial charge is 0.342 e. The lowest BCUT2D eigenvalue weighted by Crippen LogP contribution is -2.28. The average molecular weight is 472 g/mol. The van der Waals surface area contributed by atoms with Gasteiger partial charge in [-0.05, 0) is 63.6 Å². The van der Waals surface area contributed by atoms with Crippen molar-refractivity contribution in [3.63, 3.8) is 0 Å². The van der Waals surface area contributed by atoms with Crippen molar-refractivity contribution >= 4 is 40.9 Å². The number of carbonyl (C=O) groups excluding carboxylic acids is 2. The molecule has 0 saturated heterocycles. The van der Waals surface area contributed by atoms with Crippen LogP contribution in [0.1, 0.15) is 47.2 Å². The summed E-state index contributed by atoms with van der Waals surface area (Å²) in [5.74, 6) is 0.504. The monoisotopic (exact) mass is 471 g/mol. The Hall–Kier alpha value is -2.84. The Balaban J connectivity index is 1.62. The van der Waals surface area contributed by atoms with Crippen LogP contribution in [0.25, 0.3) is 0 Å². The van der Waals surface area contributed by atoms with Crippen molar-refractivity contribution in [1.82, 2.24) is 20.1 Å². The summed E-state index contributed by atoms with van der Waals surface area (Å²) < 4.78 is 1.90. The first-order valence-corrected chi connectivity index (χ1v) is 11.6. The summed E-state index contributed by atoms with van der Waals surface area (Å²) in [5, 5.41) is 15.6. The second kappa shape index (κ2) is 10.7. The third kappa shape index (κ3) is 5.89. The topological polar surface area (TPSA) is 88.9 Å². The van der Waals surface area contributed by atoms with Crippen molar-refractivity contribution in [1.29, 1.82) is 0 Å². The van der Waals surface area contributed by atoms with Gasteiger partial charge < -0.3 is 15.2 Å². The van der Waals surface area contributed by atoms with Crippen molar-refractivity contribution < 1.29 is 9.59 Å². The molecule has 1 atom stereocenters. The quantitative estimate of drug-likeness (QED) is 0.461. The van der Waals surface area contributed by atoms with E-state index in [1.165, 1.54) is 11.8 Å². The maximum Gasteiger partial charge on any atom is 0.251 e. The van der Waals surface area contributed by atoms with E-state index in [0.717, 1.165) is 16.8 Å². The fraction of sp³-hybridized carbons (Fsp3) is 0.304. The lowest BCUT2D eigenvalue weighted by molar-refractivity contribution is -0.113. The highest BCUT2D eigenvalue weighted by Gasteiger charge is 2.20. The van der Waals surface area contributed by atoms with Gasteiger partial charge in [-0.1, -0.05) is 41.1 Å². The van der Waals surface area contributed by atoms with Gasteiger partial charge in [-0.3, -0.25) is 9.59 Å². The molecular weight excluding hydrogens is 446 g/mol. The maximum absolute atomic E-state index is 12.5. The number of amides is 2. The van der Waals surface area contributed by atoms with Gasteiger partial charge in [0.05, 0.1) is 11.8 Å². The van der Waals surface area contributed by atoms with Crippen LogP contribution < -0.4 is 10.6 Å². The van der Waals surface area contributed by atoms with Crippen LogP contribution in [0.5, 0.6) is 0 Å². The molecule has 0 aliphatic heterocycles. The van der Waals surface area contributed by atoms with Crippen LogP contribution in [0, 0.1) is 13.8 Å². The van der Waals surface area contributed by atoms with Gasteiger partial charge in [-0.15, -0.1) is 10.2 Å². The van der Waals surface area contributed by atoms with E-state index in [0.29, 0.717) is 28.1 Å². The van der Waals surface area contributed by atoms with Crippen LogP contribution in [-0.4, -0.2) is 32.3 Å². The van der Waals surface area contributed by atoms with Gasteiger partial charge in [0.15, 0.2) is 11.0 Å². The van der Waals surface area contributed by atoms with Gasteiger partial charge in [-0.2, -0.15) is 0 Å². The number of carbonyl (C=O) groups is 2. The molecule has 2 aromatic carbocycles. The van der Waals surface area contributed by atoms with Crippen LogP contribution in [0.4, 0.5) is 5.69 Å². The Bertz CT molecular complexity index is 1110. The summed E-state index contributed by atoms with van der Waals surface area (Å²) in [7, 11) is 0. The molecule has 2 amide bonds. The van der Waals surface area contributed by atoms with E-state index < -0.39 is 0 Å². The average Bonchev–Trinajstić information content (AvgIpc) is 3.17. The Morgan fingerprint density at radius 1 is 1.12 bits per heavy atom. The molecule has 32 heavy (non-hydrogen) atoms. The summed E-state index contributed by atoms with van der Waals surface area (Å²) in [6.07, 6.45) is 0. The predicted octanol–water partition coefficient (Wildman–Crippen LogP) is 4.79. The molecule has 0 saturated carbocycles. The molecule has 168 valence electrons. The zero-order valence-electron chi connectivity index (χ0n) is 18.5. The second-order valence-corrected chi connectivity index (χ2v) is 8.82. The van der Waals surface area contributed by atoms with Crippen molar-refractivity contribution in [2.45, 2.75) is 45.4 Å². The van der Waals surface area contributed by atoms with Gasteiger partial charge in [-0.25, -0.2) is 0 Å². The van der Waals surface area contributed by atoms with Crippen LogP contribution >= 0.6 is 23.4 Å².